The second-order valence-corrected chi connectivity index (χ2v) is 3.08. The Bertz CT molecular complexity index is 124. The fourth-order valence-corrected chi connectivity index (χ4v) is 0. The average Bonchev–Trinajstić information content (AvgIpc) is 1.12. The molecule has 0 aliphatic rings. The first-order valence-corrected chi connectivity index (χ1v) is 4.70. The molecule has 0 aromatic rings. The van der Waals surface area contributed by atoms with Crippen LogP contribution in [0.5, 0.6) is 0 Å². The third kappa shape index (κ3) is 1500. The van der Waals surface area contributed by atoms with E-state index in [1.807, 2.05) is 0 Å². The summed E-state index contributed by atoms with van der Waals surface area (Å²) in [5.41, 5.74) is 0. The Balaban J connectivity index is -0.000000107. The van der Waals surface area contributed by atoms with Gasteiger partial charge in [0.1, 0.15) is 0 Å². The minimum atomic E-state index is -4.64. The zero-order valence-corrected chi connectivity index (χ0v) is 7.43. The summed E-state index contributed by atoms with van der Waals surface area (Å²) in [5.74, 6) is 0. The fraction of sp³-hybridized carbons (Fsp3) is 0. The van der Waals surface area contributed by atoms with E-state index in [1.54, 1.807) is 0 Å². The molecular formula is H6CuO8P2. The van der Waals surface area contributed by atoms with E-state index in [0.717, 1.165) is 0 Å². The standard InChI is InChI=1S/Cu.2H3O4P/c;2*1-5(2,3)4/h;2*(H3,1,2,3,4). The molecule has 11 heavy (non-hydrogen) atoms. The maximum atomic E-state index is 8.88. The zero-order valence-electron chi connectivity index (χ0n) is 4.70. The van der Waals surface area contributed by atoms with E-state index in [0.29, 0.717) is 0 Å². The quantitative estimate of drug-likeness (QED) is 0.218. The van der Waals surface area contributed by atoms with Crippen LogP contribution in [0.25, 0.3) is 0 Å². The summed E-state index contributed by atoms with van der Waals surface area (Å²) in [6.45, 7) is 0. The number of phosphoric acid groups is 2. The fourth-order valence-electron chi connectivity index (χ4n) is 0. The predicted molar refractivity (Wildman–Crippen MR) is 28.5 cm³/mol. The SMILES string of the molecule is O=P(O)(O)O.O=P(O)(O)O.[Cu]. The van der Waals surface area contributed by atoms with Crippen molar-refractivity contribution in [2.75, 3.05) is 0 Å². The van der Waals surface area contributed by atoms with E-state index >= 15 is 0 Å². The van der Waals surface area contributed by atoms with E-state index in [1.165, 1.54) is 0 Å². The van der Waals surface area contributed by atoms with Crippen molar-refractivity contribution in [1.82, 2.24) is 0 Å². The minimum absolute atomic E-state index is 0. The molecule has 0 aromatic heterocycles. The van der Waals surface area contributed by atoms with Gasteiger partial charge in [-0.3, -0.25) is 0 Å². The van der Waals surface area contributed by atoms with E-state index in [2.05, 4.69) is 0 Å². The van der Waals surface area contributed by atoms with Crippen molar-refractivity contribution in [3.8, 4) is 0 Å². The van der Waals surface area contributed by atoms with Gasteiger partial charge in [-0.25, -0.2) is 9.13 Å². The molecular weight excluding hydrogens is 253 g/mol. The molecule has 0 fully saturated rings. The van der Waals surface area contributed by atoms with E-state index in [4.69, 9.17) is 38.5 Å². The molecule has 0 heterocycles. The second kappa shape index (κ2) is 6.28. The summed E-state index contributed by atoms with van der Waals surface area (Å²) in [5, 5.41) is 0. The first-order valence-electron chi connectivity index (χ1n) is 1.57. The molecule has 75 valence electrons. The normalized spacial score (nSPS) is 10.7. The van der Waals surface area contributed by atoms with Crippen molar-refractivity contribution in [1.29, 1.82) is 0 Å². The Morgan fingerprint density at radius 1 is 0.636 bits per heavy atom. The van der Waals surface area contributed by atoms with Crippen LogP contribution in [0.1, 0.15) is 0 Å². The summed E-state index contributed by atoms with van der Waals surface area (Å²) in [6.07, 6.45) is 0. The molecule has 0 spiro atoms. The van der Waals surface area contributed by atoms with Crippen LogP contribution in [-0.4, -0.2) is 29.4 Å². The van der Waals surface area contributed by atoms with Crippen LogP contribution in [-0.2, 0) is 26.2 Å². The van der Waals surface area contributed by atoms with Crippen LogP contribution in [0.2, 0.25) is 0 Å². The van der Waals surface area contributed by atoms with Crippen molar-refractivity contribution in [3.63, 3.8) is 0 Å². The van der Waals surface area contributed by atoms with Gasteiger partial charge in [0.05, 0.1) is 0 Å². The third-order valence-corrected chi connectivity index (χ3v) is 0. The van der Waals surface area contributed by atoms with Crippen molar-refractivity contribution in [2.45, 2.75) is 0 Å². The molecule has 6 N–H and O–H groups in total. The molecule has 0 atom stereocenters. The first-order chi connectivity index (χ1) is 4.00. The summed E-state index contributed by atoms with van der Waals surface area (Å²) in [6, 6.07) is 0. The van der Waals surface area contributed by atoms with Gasteiger partial charge in [0.25, 0.3) is 0 Å². The largest absolute Gasteiger partial charge is 0.466 e. The Hall–Kier alpha value is 0.739. The van der Waals surface area contributed by atoms with Crippen molar-refractivity contribution >= 4 is 15.6 Å². The smallest absolute Gasteiger partial charge is 0.303 e. The van der Waals surface area contributed by atoms with Crippen molar-refractivity contribution in [3.05, 3.63) is 0 Å². The molecule has 0 saturated carbocycles. The van der Waals surface area contributed by atoms with Gasteiger partial charge >= 0.3 is 15.6 Å². The van der Waals surface area contributed by atoms with Gasteiger partial charge in [-0.1, -0.05) is 0 Å². The predicted octanol–water partition coefficient (Wildman–Crippen LogP) is -1.86. The summed E-state index contributed by atoms with van der Waals surface area (Å²) >= 11 is 0. The molecule has 0 aromatic carbocycles. The molecule has 1 radical (unpaired) electrons. The third-order valence-electron chi connectivity index (χ3n) is 0. The topological polar surface area (TPSA) is 156 Å². The van der Waals surface area contributed by atoms with Crippen molar-refractivity contribution < 1.29 is 55.6 Å². The summed E-state index contributed by atoms with van der Waals surface area (Å²) in [4.78, 5) is 43.1. The average molecular weight is 260 g/mol. The summed E-state index contributed by atoms with van der Waals surface area (Å²) in [7, 11) is -9.28. The molecule has 0 unspecified atom stereocenters. The van der Waals surface area contributed by atoms with E-state index < -0.39 is 15.6 Å². The molecule has 0 bridgehead atoms. The van der Waals surface area contributed by atoms with Gasteiger partial charge in [0, 0.05) is 17.1 Å². The number of hydrogen-bond acceptors (Lipinski definition) is 2. The van der Waals surface area contributed by atoms with Gasteiger partial charge in [-0.15, -0.1) is 0 Å². The number of rotatable bonds is 0. The Labute approximate surface area is 71.8 Å². The Morgan fingerprint density at radius 2 is 0.636 bits per heavy atom. The zero-order chi connectivity index (χ0) is 9.00. The van der Waals surface area contributed by atoms with Gasteiger partial charge in [0.15, 0.2) is 0 Å². The van der Waals surface area contributed by atoms with Gasteiger partial charge in [-0.05, 0) is 0 Å². The van der Waals surface area contributed by atoms with Crippen LogP contribution in [0, 0.1) is 0 Å². The molecule has 0 aliphatic carbocycles. The van der Waals surface area contributed by atoms with Crippen LogP contribution in [0.15, 0.2) is 0 Å². The van der Waals surface area contributed by atoms with Crippen LogP contribution < -0.4 is 0 Å². The first kappa shape index (κ1) is 17.7. The van der Waals surface area contributed by atoms with E-state index in [-0.39, 0.29) is 17.1 Å². The van der Waals surface area contributed by atoms with Crippen LogP contribution in [0.3, 0.4) is 0 Å². The Morgan fingerprint density at radius 3 is 0.636 bits per heavy atom. The molecule has 0 rings (SSSR count). The maximum Gasteiger partial charge on any atom is 0.466 e. The number of hydrogen-bond donors (Lipinski definition) is 6. The van der Waals surface area contributed by atoms with Gasteiger partial charge in [0.2, 0.25) is 0 Å². The minimum Gasteiger partial charge on any atom is -0.303 e. The Kier molecular flexibility index (Phi) is 10.1. The molecule has 0 amide bonds. The molecule has 0 aliphatic heterocycles. The molecule has 8 nitrogen and oxygen atoms in total. The van der Waals surface area contributed by atoms with Crippen molar-refractivity contribution in [2.24, 2.45) is 0 Å². The van der Waals surface area contributed by atoms with Crippen LogP contribution in [0.4, 0.5) is 0 Å². The van der Waals surface area contributed by atoms with Crippen LogP contribution >= 0.6 is 15.6 Å². The van der Waals surface area contributed by atoms with E-state index in [9.17, 15) is 0 Å². The summed E-state index contributed by atoms with van der Waals surface area (Å²) < 4.78 is 17.8. The maximum absolute atomic E-state index is 8.88. The monoisotopic (exact) mass is 259 g/mol. The van der Waals surface area contributed by atoms with Gasteiger partial charge < -0.3 is 29.4 Å². The molecule has 11 heteroatoms. The second-order valence-electron chi connectivity index (χ2n) is 1.03. The van der Waals surface area contributed by atoms with Gasteiger partial charge in [-0.2, -0.15) is 0 Å². The molecule has 0 saturated heterocycles.